The maximum atomic E-state index is 13.6. The van der Waals surface area contributed by atoms with Gasteiger partial charge >= 0.3 is 35.8 Å². The second-order valence-corrected chi connectivity index (χ2v) is 16.6. The van der Waals surface area contributed by atoms with E-state index in [9.17, 15) is 28.8 Å². The predicted octanol–water partition coefficient (Wildman–Crippen LogP) is 8.52. The number of ether oxygens (including phenoxy) is 8. The molecule has 5 aromatic rings. The second-order valence-electron chi connectivity index (χ2n) is 15.6. The molecule has 17 nitrogen and oxygen atoms in total. The molecule has 0 saturated heterocycles. The van der Waals surface area contributed by atoms with Crippen molar-refractivity contribution in [2.45, 2.75) is 63.6 Å². The van der Waals surface area contributed by atoms with Crippen molar-refractivity contribution >= 4 is 68.7 Å². The molecule has 0 unspecified atom stereocenters. The number of para-hydroxylation sites is 1. The summed E-state index contributed by atoms with van der Waals surface area (Å²) < 4.78 is 44.5. The van der Waals surface area contributed by atoms with Gasteiger partial charge in [0.2, 0.25) is 18.7 Å². The number of aromatic nitrogens is 1. The van der Waals surface area contributed by atoms with Crippen molar-refractivity contribution in [1.82, 2.24) is 4.98 Å². The molecule has 0 bridgehead atoms. The molecule has 1 heterocycles. The van der Waals surface area contributed by atoms with Gasteiger partial charge in [0, 0.05) is 17.7 Å². The molecule has 2 aliphatic rings. The van der Waals surface area contributed by atoms with Gasteiger partial charge in [-0.1, -0.05) is 36.6 Å². The molecule has 1 aromatic heterocycles. The van der Waals surface area contributed by atoms with E-state index < -0.39 is 53.8 Å². The van der Waals surface area contributed by atoms with Crippen molar-refractivity contribution in [3.05, 3.63) is 133 Å². The number of nitrogens with zero attached hydrogens (tertiary/aromatic N) is 2. The molecule has 4 aromatic carbocycles. The Morgan fingerprint density at radius 1 is 0.632 bits per heavy atom. The Labute approximate surface area is 394 Å². The number of carbonyl (C=O) groups is 6. The molecule has 352 valence electrons. The van der Waals surface area contributed by atoms with E-state index >= 15 is 0 Å². The van der Waals surface area contributed by atoms with Crippen LogP contribution in [0.3, 0.4) is 0 Å². The van der Waals surface area contributed by atoms with E-state index in [4.69, 9.17) is 37.9 Å². The van der Waals surface area contributed by atoms with Crippen LogP contribution in [0.15, 0.2) is 121 Å². The molecule has 0 amide bonds. The lowest BCUT2D eigenvalue weighted by atomic mass is 9.87. The lowest BCUT2D eigenvalue weighted by molar-refractivity contribution is -0.145. The summed E-state index contributed by atoms with van der Waals surface area (Å²) in [6.45, 7) is 6.03. The highest BCUT2D eigenvalue weighted by molar-refractivity contribution is 7.22. The Balaban J connectivity index is 0.915. The van der Waals surface area contributed by atoms with Gasteiger partial charge in [-0.2, -0.15) is 5.10 Å². The van der Waals surface area contributed by atoms with Crippen LogP contribution in [0.5, 0.6) is 23.0 Å². The maximum Gasteiger partial charge on any atom is 0.338 e. The molecular formula is C50H47N3O14S. The van der Waals surface area contributed by atoms with E-state index in [-0.39, 0.29) is 31.2 Å². The molecule has 2 fully saturated rings. The number of fused-ring (bicyclic) bond motifs is 1. The number of carbonyl (C=O) groups excluding carboxylic acids is 6. The number of hydrogen-bond acceptors (Lipinski definition) is 18. The largest absolute Gasteiger partial charge is 0.459 e. The monoisotopic (exact) mass is 945 g/mol. The Kier molecular flexibility index (Phi) is 16.7. The van der Waals surface area contributed by atoms with Gasteiger partial charge in [-0.05, 0) is 130 Å². The molecule has 68 heavy (non-hydrogen) atoms. The number of hydrogen-bond donors (Lipinski definition) is 1. The number of nitrogens with one attached hydrogen (secondary N) is 1. The molecule has 0 atom stereocenters. The molecule has 0 spiro atoms. The zero-order valence-electron chi connectivity index (χ0n) is 36.7. The summed E-state index contributed by atoms with van der Waals surface area (Å²) in [6.07, 6.45) is 6.25. The number of anilines is 1. The van der Waals surface area contributed by atoms with E-state index in [1.807, 2.05) is 24.3 Å². The number of rotatable bonds is 19. The molecule has 7 rings (SSSR count). The van der Waals surface area contributed by atoms with E-state index in [2.05, 4.69) is 28.7 Å². The summed E-state index contributed by atoms with van der Waals surface area (Å²) in [4.78, 5) is 79.7. The fourth-order valence-electron chi connectivity index (χ4n) is 7.33. The average Bonchev–Trinajstić information content (AvgIpc) is 3.78. The summed E-state index contributed by atoms with van der Waals surface area (Å²) in [6, 6.07) is 24.7. The quantitative estimate of drug-likeness (QED) is 0.0156. The van der Waals surface area contributed by atoms with Crippen LogP contribution in [0.1, 0.15) is 77.6 Å². The van der Waals surface area contributed by atoms with E-state index in [1.54, 1.807) is 66.7 Å². The maximum absolute atomic E-state index is 13.6. The van der Waals surface area contributed by atoms with Gasteiger partial charge in [0.25, 0.3) is 0 Å². The van der Waals surface area contributed by atoms with Gasteiger partial charge in [0.15, 0.2) is 0 Å². The van der Waals surface area contributed by atoms with Crippen molar-refractivity contribution in [2.24, 2.45) is 16.9 Å². The van der Waals surface area contributed by atoms with E-state index in [1.165, 1.54) is 17.6 Å². The van der Waals surface area contributed by atoms with Gasteiger partial charge in [0.1, 0.15) is 35.2 Å². The standard InChI is InChI=1S/C50H47N3O14S/c1-3-44(54)62-29-60-36-17-9-31(10-18-36)46(56)64-38-21-13-33(14-22-38)48(58)66-40-25-26-42(35(27-40)28-51-53-50-52-41-7-5-6-8-43(41)68-50)67-49(59)34-15-23-39(24-16-34)65-47(57)32-11-19-37(20-12-32)61-30-63-45(55)4-2/h3-12,17-20,25-28,33-34,38-39H,1-2,13-16,21-24,29-30H2,(H,52,53)/b51-28+. The first-order valence-corrected chi connectivity index (χ1v) is 22.5. The van der Waals surface area contributed by atoms with Crippen molar-refractivity contribution < 1.29 is 66.7 Å². The van der Waals surface area contributed by atoms with Crippen molar-refractivity contribution in [1.29, 1.82) is 0 Å². The molecule has 1 N–H and O–H groups in total. The minimum atomic E-state index is -0.620. The summed E-state index contributed by atoms with van der Waals surface area (Å²) >= 11 is 1.42. The summed E-state index contributed by atoms with van der Waals surface area (Å²) in [7, 11) is 0. The second kappa shape index (κ2) is 23.5. The fraction of sp³-hybridized carbons (Fsp3) is 0.280. The van der Waals surface area contributed by atoms with Gasteiger partial charge in [-0.15, -0.1) is 0 Å². The number of hydrazone groups is 1. The highest BCUT2D eigenvalue weighted by Gasteiger charge is 2.32. The Bertz CT molecular complexity index is 2610. The third-order valence-electron chi connectivity index (χ3n) is 11.0. The fourth-order valence-corrected chi connectivity index (χ4v) is 8.14. The number of thiazole rings is 1. The van der Waals surface area contributed by atoms with Gasteiger partial charge in [0.05, 0.1) is 39.4 Å². The topological polar surface area (TPSA) is 214 Å². The van der Waals surface area contributed by atoms with Crippen molar-refractivity contribution in [2.75, 3.05) is 19.0 Å². The first-order valence-electron chi connectivity index (χ1n) is 21.7. The summed E-state index contributed by atoms with van der Waals surface area (Å²) in [5.74, 6) is -2.88. The molecule has 0 aliphatic heterocycles. The minimum Gasteiger partial charge on any atom is -0.459 e. The third-order valence-corrected chi connectivity index (χ3v) is 11.9. The van der Waals surface area contributed by atoms with Crippen molar-refractivity contribution in [3.63, 3.8) is 0 Å². The van der Waals surface area contributed by atoms with Crippen LogP contribution in [-0.4, -0.2) is 72.8 Å². The molecule has 2 aliphatic carbocycles. The SMILES string of the molecule is C=CC(=O)OCOc1ccc(C(=O)OC2CCC(C(=O)Oc3ccc(OC(=O)C4CCC(OC(=O)c5ccc(OCOC(=O)C=C)cc5)CC4)c(/C=N/Nc4nc5ccccc5s4)c3)CC2)cc1. The van der Waals surface area contributed by atoms with E-state index in [0.29, 0.717) is 84.7 Å². The third kappa shape index (κ3) is 13.6. The van der Waals surface area contributed by atoms with Gasteiger partial charge < -0.3 is 37.9 Å². The molecule has 0 radical (unpaired) electrons. The van der Waals surface area contributed by atoms with Crippen LogP contribution < -0.4 is 24.4 Å². The van der Waals surface area contributed by atoms with Crippen LogP contribution in [-0.2, 0) is 38.1 Å². The molecule has 2 saturated carbocycles. The zero-order valence-corrected chi connectivity index (χ0v) is 37.5. The minimum absolute atomic E-state index is 0.197. The number of benzene rings is 4. The predicted molar refractivity (Wildman–Crippen MR) is 247 cm³/mol. The normalized spacial score (nSPS) is 17.8. The Morgan fingerprint density at radius 3 is 1.65 bits per heavy atom. The zero-order chi connectivity index (χ0) is 47.8. The molecule has 18 heteroatoms. The highest BCUT2D eigenvalue weighted by atomic mass is 32.1. The van der Waals surface area contributed by atoms with Gasteiger partial charge in [-0.25, -0.2) is 24.2 Å². The van der Waals surface area contributed by atoms with Crippen LogP contribution in [0.25, 0.3) is 10.2 Å². The Hall–Kier alpha value is -7.86. The van der Waals surface area contributed by atoms with Crippen LogP contribution in [0.2, 0.25) is 0 Å². The summed E-state index contributed by atoms with van der Waals surface area (Å²) in [5.41, 5.74) is 4.74. The average molecular weight is 946 g/mol. The first kappa shape index (κ1) is 48.1. The van der Waals surface area contributed by atoms with Crippen LogP contribution in [0.4, 0.5) is 5.13 Å². The lowest BCUT2D eigenvalue weighted by Gasteiger charge is -2.27. The first-order chi connectivity index (χ1) is 33.0. The van der Waals surface area contributed by atoms with Crippen LogP contribution >= 0.6 is 11.3 Å². The molecular weight excluding hydrogens is 899 g/mol. The van der Waals surface area contributed by atoms with E-state index in [0.717, 1.165) is 22.4 Å². The van der Waals surface area contributed by atoms with Gasteiger partial charge in [-0.3, -0.25) is 15.0 Å². The smallest absolute Gasteiger partial charge is 0.338 e. The lowest BCUT2D eigenvalue weighted by Crippen LogP contribution is -2.30. The van der Waals surface area contributed by atoms with Crippen molar-refractivity contribution in [3.8, 4) is 23.0 Å². The number of esters is 6. The highest BCUT2D eigenvalue weighted by Crippen LogP contribution is 2.33. The Morgan fingerprint density at radius 2 is 1.13 bits per heavy atom. The summed E-state index contributed by atoms with van der Waals surface area (Å²) in [5, 5.41) is 4.91. The van der Waals surface area contributed by atoms with Crippen LogP contribution in [0, 0.1) is 11.8 Å².